The van der Waals surface area contributed by atoms with Crippen LogP contribution < -0.4 is 25.1 Å². The van der Waals surface area contributed by atoms with Crippen molar-refractivity contribution in [2.24, 2.45) is 0 Å². The number of nitrogens with one attached hydrogen (secondary N) is 1. The molecule has 3 heterocycles. The van der Waals surface area contributed by atoms with E-state index in [1.54, 1.807) is 22.7 Å². The summed E-state index contributed by atoms with van der Waals surface area (Å²) in [6, 6.07) is 20.6. The molecule has 0 unspecified atom stereocenters. The van der Waals surface area contributed by atoms with Crippen molar-refractivity contribution in [2.75, 3.05) is 20.8 Å². The van der Waals surface area contributed by atoms with E-state index in [4.69, 9.17) is 14.2 Å². The second-order valence-electron chi connectivity index (χ2n) is 9.09. The lowest BCUT2D eigenvalue weighted by Gasteiger charge is -2.14. The van der Waals surface area contributed by atoms with Crippen molar-refractivity contribution in [1.29, 1.82) is 0 Å². The second kappa shape index (κ2) is 9.23. The molecule has 0 aliphatic rings. The molecule has 190 valence electrons. The molecule has 1 amide bonds. The average molecular weight is 508 g/mol. The van der Waals surface area contributed by atoms with Gasteiger partial charge in [0.05, 0.1) is 42.2 Å². The number of aromatic nitrogens is 2. The lowest BCUT2D eigenvalue weighted by atomic mass is 10.1. The molecule has 6 rings (SSSR count). The normalized spacial score (nSPS) is 12.3. The Morgan fingerprint density at radius 1 is 0.974 bits per heavy atom. The number of rotatable bonds is 7. The van der Waals surface area contributed by atoms with Gasteiger partial charge in [-0.15, -0.1) is 0 Å². The number of methoxy groups -OCH3 is 2. The van der Waals surface area contributed by atoms with E-state index in [1.165, 1.54) is 14.2 Å². The van der Waals surface area contributed by atoms with Gasteiger partial charge in [0.15, 0.2) is 18.1 Å². The van der Waals surface area contributed by atoms with Gasteiger partial charge in [-0.3, -0.25) is 19.0 Å². The summed E-state index contributed by atoms with van der Waals surface area (Å²) in [5, 5.41) is 5.74. The standard InChI is InChI=1S/C30H25N3O5/c1-17(18-7-5-4-6-8-18)32-25(34)16-38-19-9-11-23-22(15-19)20-13-14-31-27-21-10-12-24(36-2)29(37-3)26(21)30(35)33(23)28(20)27/h4-15,17H,16H2,1-3H3,(H,32,34)/t17-/m1/s1. The van der Waals surface area contributed by atoms with Crippen molar-refractivity contribution in [3.05, 3.63) is 88.8 Å². The molecule has 0 aliphatic heterocycles. The largest absolute Gasteiger partial charge is 0.493 e. The number of carbonyl (C=O) groups excluding carboxylic acids is 1. The molecule has 3 aromatic heterocycles. The molecule has 6 aromatic rings. The van der Waals surface area contributed by atoms with Gasteiger partial charge in [-0.05, 0) is 48.9 Å². The summed E-state index contributed by atoms with van der Waals surface area (Å²) in [5.41, 5.74) is 2.91. The predicted octanol–water partition coefficient (Wildman–Crippen LogP) is 4.87. The van der Waals surface area contributed by atoms with Crippen molar-refractivity contribution < 1.29 is 19.0 Å². The van der Waals surface area contributed by atoms with Crippen LogP contribution in [0, 0.1) is 0 Å². The SMILES string of the molecule is COc1ccc2c(c1OC)c(=O)n1c3ccc(OCC(=O)N[C@H](C)c4ccccc4)cc3c3ccnc2c31. The molecule has 0 saturated carbocycles. The minimum atomic E-state index is -0.223. The Morgan fingerprint density at radius 2 is 1.79 bits per heavy atom. The molecule has 8 nitrogen and oxygen atoms in total. The molecule has 0 saturated heterocycles. The van der Waals surface area contributed by atoms with Gasteiger partial charge < -0.3 is 19.5 Å². The number of carbonyl (C=O) groups is 1. The van der Waals surface area contributed by atoms with E-state index in [2.05, 4.69) is 10.3 Å². The molecular formula is C30H25N3O5. The summed E-state index contributed by atoms with van der Waals surface area (Å²) >= 11 is 0. The Labute approximate surface area is 217 Å². The number of ether oxygens (including phenoxy) is 3. The van der Waals surface area contributed by atoms with E-state index in [-0.39, 0.29) is 24.1 Å². The third-order valence-corrected chi connectivity index (χ3v) is 6.91. The van der Waals surface area contributed by atoms with Gasteiger partial charge in [0.25, 0.3) is 11.5 Å². The smallest absolute Gasteiger partial charge is 0.267 e. The highest BCUT2D eigenvalue weighted by Crippen LogP contribution is 2.39. The topological polar surface area (TPSA) is 91.2 Å². The molecule has 1 N–H and O–H groups in total. The fourth-order valence-corrected chi connectivity index (χ4v) is 5.15. The predicted molar refractivity (Wildman–Crippen MR) is 147 cm³/mol. The van der Waals surface area contributed by atoms with Gasteiger partial charge >= 0.3 is 0 Å². The number of pyridine rings is 2. The Hall–Kier alpha value is -4.85. The van der Waals surface area contributed by atoms with Crippen molar-refractivity contribution in [1.82, 2.24) is 14.7 Å². The first-order chi connectivity index (χ1) is 18.5. The summed E-state index contributed by atoms with van der Waals surface area (Å²) in [6.07, 6.45) is 1.73. The lowest BCUT2D eigenvalue weighted by molar-refractivity contribution is -0.123. The van der Waals surface area contributed by atoms with Crippen LogP contribution in [0.15, 0.2) is 77.7 Å². The Bertz CT molecular complexity index is 1880. The van der Waals surface area contributed by atoms with Crippen LogP contribution in [-0.2, 0) is 4.79 Å². The first-order valence-corrected chi connectivity index (χ1v) is 12.2. The van der Waals surface area contributed by atoms with Crippen LogP contribution in [0.4, 0.5) is 0 Å². The van der Waals surface area contributed by atoms with Crippen LogP contribution in [0.25, 0.3) is 38.1 Å². The Kier molecular flexibility index (Phi) is 5.72. The molecule has 0 radical (unpaired) electrons. The van der Waals surface area contributed by atoms with Crippen LogP contribution in [0.3, 0.4) is 0 Å². The molecule has 0 aliphatic carbocycles. The highest BCUT2D eigenvalue weighted by Gasteiger charge is 2.22. The quantitative estimate of drug-likeness (QED) is 0.310. The zero-order valence-corrected chi connectivity index (χ0v) is 21.1. The molecule has 3 aromatic carbocycles. The highest BCUT2D eigenvalue weighted by molar-refractivity contribution is 6.19. The second-order valence-corrected chi connectivity index (χ2v) is 9.09. The van der Waals surface area contributed by atoms with Gasteiger partial charge in [-0.25, -0.2) is 0 Å². The number of benzene rings is 3. The fourth-order valence-electron chi connectivity index (χ4n) is 5.15. The average Bonchev–Trinajstić information content (AvgIpc) is 3.29. The third-order valence-electron chi connectivity index (χ3n) is 6.91. The molecule has 1 atom stereocenters. The van der Waals surface area contributed by atoms with Crippen molar-refractivity contribution in [2.45, 2.75) is 13.0 Å². The minimum Gasteiger partial charge on any atom is -0.493 e. The number of hydrogen-bond donors (Lipinski definition) is 1. The number of nitrogens with zero attached hydrogens (tertiary/aromatic N) is 2. The molecule has 8 heteroatoms. The van der Waals surface area contributed by atoms with E-state index in [1.807, 2.05) is 61.5 Å². The maximum absolute atomic E-state index is 13.9. The lowest BCUT2D eigenvalue weighted by Crippen LogP contribution is -2.31. The highest BCUT2D eigenvalue weighted by atomic mass is 16.5. The zero-order chi connectivity index (χ0) is 26.4. The van der Waals surface area contributed by atoms with Gasteiger partial charge in [-0.2, -0.15) is 0 Å². The maximum Gasteiger partial charge on any atom is 0.267 e. The first-order valence-electron chi connectivity index (χ1n) is 12.2. The summed E-state index contributed by atoms with van der Waals surface area (Å²) in [5.74, 6) is 1.15. The molecule has 38 heavy (non-hydrogen) atoms. The van der Waals surface area contributed by atoms with Crippen molar-refractivity contribution >= 4 is 44.0 Å². The Morgan fingerprint density at radius 3 is 2.55 bits per heavy atom. The van der Waals surface area contributed by atoms with E-state index in [9.17, 15) is 9.59 Å². The maximum atomic E-state index is 13.9. The number of fused-ring (bicyclic) bond motifs is 5. The zero-order valence-electron chi connectivity index (χ0n) is 21.1. The van der Waals surface area contributed by atoms with Crippen LogP contribution >= 0.6 is 0 Å². The van der Waals surface area contributed by atoms with E-state index < -0.39 is 0 Å². The van der Waals surface area contributed by atoms with Crippen LogP contribution in [0.2, 0.25) is 0 Å². The summed E-state index contributed by atoms with van der Waals surface area (Å²) in [7, 11) is 3.06. The van der Waals surface area contributed by atoms with Gasteiger partial charge in [-0.1, -0.05) is 30.3 Å². The molecule has 0 fully saturated rings. The molecular weight excluding hydrogens is 482 g/mol. The van der Waals surface area contributed by atoms with Gasteiger partial charge in [0, 0.05) is 22.4 Å². The van der Waals surface area contributed by atoms with E-state index in [0.717, 1.165) is 21.9 Å². The number of hydrogen-bond acceptors (Lipinski definition) is 6. The van der Waals surface area contributed by atoms with Crippen LogP contribution in [0.1, 0.15) is 18.5 Å². The van der Waals surface area contributed by atoms with Crippen LogP contribution in [-0.4, -0.2) is 36.1 Å². The van der Waals surface area contributed by atoms with Crippen molar-refractivity contribution in [3.63, 3.8) is 0 Å². The summed E-state index contributed by atoms with van der Waals surface area (Å²) in [6.45, 7) is 1.80. The van der Waals surface area contributed by atoms with Crippen LogP contribution in [0.5, 0.6) is 17.2 Å². The monoisotopic (exact) mass is 507 g/mol. The summed E-state index contributed by atoms with van der Waals surface area (Å²) < 4.78 is 18.5. The third kappa shape index (κ3) is 3.64. The molecule has 0 bridgehead atoms. The summed E-state index contributed by atoms with van der Waals surface area (Å²) in [4.78, 5) is 31.0. The van der Waals surface area contributed by atoms with Gasteiger partial charge in [0.1, 0.15) is 5.75 Å². The van der Waals surface area contributed by atoms with Crippen molar-refractivity contribution in [3.8, 4) is 17.2 Å². The van der Waals surface area contributed by atoms with E-state index >= 15 is 0 Å². The Balaban J connectivity index is 1.40. The first kappa shape index (κ1) is 23.5. The fraction of sp³-hybridized carbons (Fsp3) is 0.167. The van der Waals surface area contributed by atoms with E-state index in [0.29, 0.717) is 39.1 Å². The minimum absolute atomic E-state index is 0.129. The van der Waals surface area contributed by atoms with Gasteiger partial charge in [0.2, 0.25) is 0 Å². The number of amides is 1. The molecule has 0 spiro atoms.